The third-order valence-electron chi connectivity index (χ3n) is 3.33. The van der Waals surface area contributed by atoms with Gasteiger partial charge in [0.2, 0.25) is 11.8 Å². The molecule has 126 valence electrons. The highest BCUT2D eigenvalue weighted by Crippen LogP contribution is 2.21. The van der Waals surface area contributed by atoms with Gasteiger partial charge in [-0.2, -0.15) is 0 Å². The zero-order valence-corrected chi connectivity index (χ0v) is 15.1. The van der Waals surface area contributed by atoms with Crippen molar-refractivity contribution in [3.8, 4) is 0 Å². The van der Waals surface area contributed by atoms with E-state index in [1.54, 1.807) is 19.1 Å². The van der Waals surface area contributed by atoms with Crippen molar-refractivity contribution in [2.24, 2.45) is 0 Å². The molecule has 0 unspecified atom stereocenters. The first-order valence-electron chi connectivity index (χ1n) is 7.49. The topological polar surface area (TPSA) is 58.2 Å². The Hall–Kier alpha value is -1.98. The number of halogens is 1. The Balaban J connectivity index is 1.80. The molecule has 0 aliphatic rings. The number of benzene rings is 2. The molecule has 0 spiro atoms. The number of hydrogen-bond donors (Lipinski definition) is 2. The van der Waals surface area contributed by atoms with Crippen molar-refractivity contribution < 1.29 is 9.59 Å². The fraction of sp³-hybridized carbons (Fsp3) is 0.222. The van der Waals surface area contributed by atoms with E-state index in [2.05, 4.69) is 10.6 Å². The van der Waals surface area contributed by atoms with Crippen LogP contribution in [0.2, 0.25) is 5.02 Å². The number of amides is 2. The van der Waals surface area contributed by atoms with Gasteiger partial charge in [-0.15, -0.1) is 11.8 Å². The summed E-state index contributed by atoms with van der Waals surface area (Å²) in [6.07, 6.45) is 0. The number of rotatable bonds is 6. The molecule has 0 saturated heterocycles. The third kappa shape index (κ3) is 5.58. The first-order valence-corrected chi connectivity index (χ1v) is 8.92. The van der Waals surface area contributed by atoms with Crippen molar-refractivity contribution >= 4 is 46.6 Å². The lowest BCUT2D eigenvalue weighted by Gasteiger charge is -2.12. The maximum absolute atomic E-state index is 12.2. The van der Waals surface area contributed by atoms with Gasteiger partial charge in [-0.05, 0) is 43.7 Å². The van der Waals surface area contributed by atoms with E-state index in [9.17, 15) is 9.59 Å². The van der Waals surface area contributed by atoms with Crippen LogP contribution in [0.5, 0.6) is 0 Å². The Bertz CT molecular complexity index is 722. The molecule has 4 nitrogen and oxygen atoms in total. The summed E-state index contributed by atoms with van der Waals surface area (Å²) in [6.45, 7) is 3.67. The van der Waals surface area contributed by atoms with Gasteiger partial charge in [-0.3, -0.25) is 9.59 Å². The average molecular weight is 363 g/mol. The van der Waals surface area contributed by atoms with E-state index in [0.717, 1.165) is 11.3 Å². The highest BCUT2D eigenvalue weighted by Gasteiger charge is 2.15. The molecular formula is C18H19ClN2O2S. The van der Waals surface area contributed by atoms with Crippen molar-refractivity contribution in [1.82, 2.24) is 0 Å². The van der Waals surface area contributed by atoms with Crippen LogP contribution in [0.15, 0.2) is 48.5 Å². The van der Waals surface area contributed by atoms with Crippen LogP contribution in [0, 0.1) is 6.92 Å². The van der Waals surface area contributed by atoms with Crippen molar-refractivity contribution in [3.63, 3.8) is 0 Å². The maximum Gasteiger partial charge on any atom is 0.237 e. The van der Waals surface area contributed by atoms with Gasteiger partial charge in [0.25, 0.3) is 0 Å². The fourth-order valence-electron chi connectivity index (χ4n) is 1.91. The second-order valence-corrected chi connectivity index (χ2v) is 7.06. The summed E-state index contributed by atoms with van der Waals surface area (Å²) in [5, 5.41) is 5.85. The predicted molar refractivity (Wildman–Crippen MR) is 102 cm³/mol. The number of nitrogens with one attached hydrogen (secondary N) is 2. The first-order chi connectivity index (χ1) is 11.5. The molecule has 0 aliphatic heterocycles. The van der Waals surface area contributed by atoms with Crippen LogP contribution in [-0.4, -0.2) is 22.8 Å². The first kappa shape index (κ1) is 18.4. The molecule has 0 aliphatic carbocycles. The smallest absolute Gasteiger partial charge is 0.237 e. The van der Waals surface area contributed by atoms with E-state index in [4.69, 9.17) is 11.6 Å². The molecule has 0 radical (unpaired) electrons. The molecule has 2 amide bonds. The number of thioether (sulfide) groups is 1. The van der Waals surface area contributed by atoms with Gasteiger partial charge in [0.15, 0.2) is 0 Å². The summed E-state index contributed by atoms with van der Waals surface area (Å²) < 4.78 is 0. The lowest BCUT2D eigenvalue weighted by Crippen LogP contribution is -2.25. The molecule has 0 fully saturated rings. The van der Waals surface area contributed by atoms with Crippen LogP contribution in [-0.2, 0) is 9.59 Å². The largest absolute Gasteiger partial charge is 0.325 e. The number of carbonyl (C=O) groups excluding carboxylic acids is 2. The summed E-state index contributed by atoms with van der Waals surface area (Å²) in [5.74, 6) is -0.0883. The molecule has 0 aromatic heterocycles. The lowest BCUT2D eigenvalue weighted by atomic mass is 10.2. The molecule has 2 N–H and O–H groups in total. The zero-order valence-electron chi connectivity index (χ0n) is 13.5. The van der Waals surface area contributed by atoms with E-state index in [1.165, 1.54) is 11.8 Å². The molecule has 1 atom stereocenters. The monoisotopic (exact) mass is 362 g/mol. The van der Waals surface area contributed by atoms with E-state index in [1.807, 2.05) is 43.3 Å². The van der Waals surface area contributed by atoms with E-state index >= 15 is 0 Å². The summed E-state index contributed by atoms with van der Waals surface area (Å²) in [7, 11) is 0. The van der Waals surface area contributed by atoms with Crippen LogP contribution in [0.4, 0.5) is 11.4 Å². The molecule has 2 aromatic carbocycles. The van der Waals surface area contributed by atoms with Crippen LogP contribution >= 0.6 is 23.4 Å². The molecule has 24 heavy (non-hydrogen) atoms. The second kappa shape index (κ2) is 8.76. The summed E-state index contributed by atoms with van der Waals surface area (Å²) in [4.78, 5) is 24.1. The van der Waals surface area contributed by atoms with Gasteiger partial charge in [-0.1, -0.05) is 35.9 Å². The molecule has 0 bridgehead atoms. The molecular weight excluding hydrogens is 344 g/mol. The quantitative estimate of drug-likeness (QED) is 0.803. The Morgan fingerprint density at radius 1 is 1.08 bits per heavy atom. The van der Waals surface area contributed by atoms with Gasteiger partial charge < -0.3 is 10.6 Å². The standard InChI is InChI=1S/C18H19ClN2O2S/c1-12-8-9-15(10-16(12)19)21-18(23)13(2)24-11-17(22)20-14-6-4-3-5-7-14/h3-10,13H,11H2,1-2H3,(H,20,22)(H,21,23)/t13-/m1/s1. The number of carbonyl (C=O) groups is 2. The van der Waals surface area contributed by atoms with E-state index < -0.39 is 0 Å². The van der Waals surface area contributed by atoms with Gasteiger partial charge in [-0.25, -0.2) is 0 Å². The van der Waals surface area contributed by atoms with Crippen molar-refractivity contribution in [1.29, 1.82) is 0 Å². The molecule has 6 heteroatoms. The number of anilines is 2. The van der Waals surface area contributed by atoms with Gasteiger partial charge in [0.05, 0.1) is 11.0 Å². The minimum atomic E-state index is -0.355. The minimum Gasteiger partial charge on any atom is -0.325 e. The summed E-state index contributed by atoms with van der Waals surface area (Å²) in [6, 6.07) is 14.6. The number of para-hydroxylation sites is 1. The number of hydrogen-bond acceptors (Lipinski definition) is 3. The van der Waals surface area contributed by atoms with Crippen LogP contribution in [0.25, 0.3) is 0 Å². The molecule has 2 rings (SSSR count). The minimum absolute atomic E-state index is 0.135. The van der Waals surface area contributed by atoms with Crippen molar-refractivity contribution in [2.75, 3.05) is 16.4 Å². The third-order valence-corrected chi connectivity index (χ3v) is 4.88. The average Bonchev–Trinajstić information content (AvgIpc) is 2.57. The van der Waals surface area contributed by atoms with Crippen LogP contribution in [0.1, 0.15) is 12.5 Å². The summed E-state index contributed by atoms with van der Waals surface area (Å²) >= 11 is 7.33. The van der Waals surface area contributed by atoms with Gasteiger partial charge in [0.1, 0.15) is 0 Å². The molecule has 0 saturated carbocycles. The lowest BCUT2D eigenvalue weighted by molar-refractivity contribution is -0.115. The number of aryl methyl sites for hydroxylation is 1. The Kier molecular flexibility index (Phi) is 6.70. The normalized spacial score (nSPS) is 11.6. The van der Waals surface area contributed by atoms with Crippen molar-refractivity contribution in [3.05, 3.63) is 59.1 Å². The Morgan fingerprint density at radius 3 is 2.46 bits per heavy atom. The Labute approximate surface area is 151 Å². The summed E-state index contributed by atoms with van der Waals surface area (Å²) in [5.41, 5.74) is 2.35. The van der Waals surface area contributed by atoms with Crippen LogP contribution < -0.4 is 10.6 Å². The van der Waals surface area contributed by atoms with Crippen molar-refractivity contribution in [2.45, 2.75) is 19.1 Å². The highest BCUT2D eigenvalue weighted by atomic mass is 35.5. The zero-order chi connectivity index (χ0) is 17.5. The van der Waals surface area contributed by atoms with Crippen LogP contribution in [0.3, 0.4) is 0 Å². The molecule has 2 aromatic rings. The van der Waals surface area contributed by atoms with Gasteiger partial charge >= 0.3 is 0 Å². The van der Waals surface area contributed by atoms with E-state index in [-0.39, 0.29) is 22.8 Å². The maximum atomic E-state index is 12.2. The van der Waals surface area contributed by atoms with Gasteiger partial charge in [0, 0.05) is 16.4 Å². The highest BCUT2D eigenvalue weighted by molar-refractivity contribution is 8.01. The van der Waals surface area contributed by atoms with E-state index in [0.29, 0.717) is 10.7 Å². The SMILES string of the molecule is Cc1ccc(NC(=O)[C@@H](C)SCC(=O)Nc2ccccc2)cc1Cl. The fourth-order valence-corrected chi connectivity index (χ4v) is 2.77. The predicted octanol–water partition coefficient (Wildman–Crippen LogP) is 4.35. The molecule has 0 heterocycles. The Morgan fingerprint density at radius 2 is 1.79 bits per heavy atom. The second-order valence-electron chi connectivity index (χ2n) is 5.32.